The maximum atomic E-state index is 12.6. The van der Waals surface area contributed by atoms with Crippen molar-refractivity contribution < 1.29 is 14.3 Å². The second-order valence-electron chi connectivity index (χ2n) is 6.76. The Bertz CT molecular complexity index is 598. The molecule has 26 heavy (non-hydrogen) atoms. The van der Waals surface area contributed by atoms with E-state index in [0.29, 0.717) is 37.9 Å². The number of ether oxygens (including phenoxy) is 2. The standard InChI is InChI=1S/C19H28N4O3/c1-2-3-6-16(15-22-7-4-5-8-22)26-18-14-20-13-17(21-18)19(24)23-9-11-25-12-10-23/h2,13-14,16H,1,3-12,15H2. The first-order chi connectivity index (χ1) is 12.8. The SMILES string of the molecule is C=CCCC(CN1CCCC1)Oc1cncc(C(=O)N2CCOCC2)n1. The Labute approximate surface area is 155 Å². The fourth-order valence-electron chi connectivity index (χ4n) is 3.35. The van der Waals surface area contributed by atoms with Crippen LogP contribution in [0.3, 0.4) is 0 Å². The van der Waals surface area contributed by atoms with Crippen molar-refractivity contribution in [3.05, 3.63) is 30.7 Å². The molecule has 0 bridgehead atoms. The summed E-state index contributed by atoms with van der Waals surface area (Å²) in [5.74, 6) is 0.297. The van der Waals surface area contributed by atoms with Crippen molar-refractivity contribution in [1.29, 1.82) is 0 Å². The maximum Gasteiger partial charge on any atom is 0.274 e. The van der Waals surface area contributed by atoms with Crippen LogP contribution in [0.25, 0.3) is 0 Å². The van der Waals surface area contributed by atoms with Crippen molar-refractivity contribution in [3.8, 4) is 5.88 Å². The quantitative estimate of drug-likeness (QED) is 0.658. The zero-order valence-corrected chi connectivity index (χ0v) is 15.3. The summed E-state index contributed by atoms with van der Waals surface area (Å²) in [6.45, 7) is 9.22. The highest BCUT2D eigenvalue weighted by atomic mass is 16.5. The van der Waals surface area contributed by atoms with Gasteiger partial charge in [-0.25, -0.2) is 4.98 Å². The molecule has 0 N–H and O–H groups in total. The van der Waals surface area contributed by atoms with Crippen LogP contribution in [0.4, 0.5) is 0 Å². The zero-order chi connectivity index (χ0) is 18.2. The molecule has 1 aromatic heterocycles. The molecule has 0 radical (unpaired) electrons. The van der Waals surface area contributed by atoms with Crippen molar-refractivity contribution in [1.82, 2.24) is 19.8 Å². The first-order valence-electron chi connectivity index (χ1n) is 9.45. The van der Waals surface area contributed by atoms with Crippen LogP contribution in [0.2, 0.25) is 0 Å². The van der Waals surface area contributed by atoms with Gasteiger partial charge in [0.05, 0.1) is 25.6 Å². The normalized spacial score (nSPS) is 19.3. The number of rotatable bonds is 8. The van der Waals surface area contributed by atoms with Crippen molar-refractivity contribution in [2.24, 2.45) is 0 Å². The number of nitrogens with zero attached hydrogens (tertiary/aromatic N) is 4. The van der Waals surface area contributed by atoms with E-state index >= 15 is 0 Å². The molecule has 2 aliphatic rings. The van der Waals surface area contributed by atoms with Gasteiger partial charge in [0, 0.05) is 19.6 Å². The number of hydrogen-bond donors (Lipinski definition) is 0. The van der Waals surface area contributed by atoms with E-state index in [0.717, 1.165) is 32.5 Å². The van der Waals surface area contributed by atoms with Gasteiger partial charge in [0.25, 0.3) is 5.91 Å². The molecular formula is C19H28N4O3. The van der Waals surface area contributed by atoms with Gasteiger partial charge in [-0.3, -0.25) is 14.7 Å². The van der Waals surface area contributed by atoms with Gasteiger partial charge in [0.1, 0.15) is 6.10 Å². The summed E-state index contributed by atoms with van der Waals surface area (Å²) < 4.78 is 11.4. The summed E-state index contributed by atoms with van der Waals surface area (Å²) in [5, 5.41) is 0. The van der Waals surface area contributed by atoms with E-state index in [-0.39, 0.29) is 12.0 Å². The van der Waals surface area contributed by atoms with E-state index in [1.807, 2.05) is 6.08 Å². The zero-order valence-electron chi connectivity index (χ0n) is 15.3. The number of morpholine rings is 1. The summed E-state index contributed by atoms with van der Waals surface area (Å²) in [6.07, 6.45) is 9.28. The third-order valence-corrected chi connectivity index (χ3v) is 4.77. The molecule has 0 spiro atoms. The average molecular weight is 360 g/mol. The van der Waals surface area contributed by atoms with Crippen molar-refractivity contribution >= 4 is 5.91 Å². The van der Waals surface area contributed by atoms with Crippen LogP contribution in [0, 0.1) is 0 Å². The third kappa shape index (κ3) is 5.25. The van der Waals surface area contributed by atoms with Gasteiger partial charge < -0.3 is 14.4 Å². The minimum atomic E-state index is -0.117. The lowest BCUT2D eigenvalue weighted by molar-refractivity contribution is 0.0297. The summed E-state index contributed by atoms with van der Waals surface area (Å²) in [4.78, 5) is 25.3. The number of hydrogen-bond acceptors (Lipinski definition) is 6. The Kier molecular flexibility index (Phi) is 6.96. The van der Waals surface area contributed by atoms with Gasteiger partial charge in [-0.05, 0) is 38.8 Å². The molecule has 3 heterocycles. The van der Waals surface area contributed by atoms with Crippen LogP contribution in [0.5, 0.6) is 5.88 Å². The first-order valence-corrected chi connectivity index (χ1v) is 9.45. The van der Waals surface area contributed by atoms with Crippen LogP contribution >= 0.6 is 0 Å². The number of carbonyl (C=O) groups is 1. The lowest BCUT2D eigenvalue weighted by atomic mass is 10.2. The Morgan fingerprint density at radius 2 is 2.04 bits per heavy atom. The van der Waals surface area contributed by atoms with E-state index in [1.54, 1.807) is 11.1 Å². The van der Waals surface area contributed by atoms with Crippen LogP contribution < -0.4 is 4.74 Å². The highest BCUT2D eigenvalue weighted by Crippen LogP contribution is 2.16. The van der Waals surface area contributed by atoms with Crippen molar-refractivity contribution in [2.75, 3.05) is 45.9 Å². The minimum Gasteiger partial charge on any atom is -0.472 e. The second-order valence-corrected chi connectivity index (χ2v) is 6.76. The molecule has 1 unspecified atom stereocenters. The minimum absolute atomic E-state index is 0.0224. The largest absolute Gasteiger partial charge is 0.472 e. The van der Waals surface area contributed by atoms with E-state index < -0.39 is 0 Å². The van der Waals surface area contributed by atoms with Crippen LogP contribution in [-0.4, -0.2) is 77.7 Å². The second kappa shape index (κ2) is 9.64. The lowest BCUT2D eigenvalue weighted by Gasteiger charge is -2.26. The van der Waals surface area contributed by atoms with Gasteiger partial charge in [-0.15, -0.1) is 6.58 Å². The topological polar surface area (TPSA) is 67.8 Å². The molecule has 2 saturated heterocycles. The van der Waals surface area contributed by atoms with E-state index in [1.165, 1.54) is 19.0 Å². The van der Waals surface area contributed by atoms with E-state index in [9.17, 15) is 4.79 Å². The lowest BCUT2D eigenvalue weighted by Crippen LogP contribution is -2.41. The van der Waals surface area contributed by atoms with Gasteiger partial charge in [-0.1, -0.05) is 6.08 Å². The molecule has 1 amide bonds. The highest BCUT2D eigenvalue weighted by molar-refractivity contribution is 5.92. The average Bonchev–Trinajstić information content (AvgIpc) is 3.19. The molecule has 7 heteroatoms. The number of aromatic nitrogens is 2. The van der Waals surface area contributed by atoms with Gasteiger partial charge in [0.2, 0.25) is 5.88 Å². The Hall–Kier alpha value is -1.99. The Balaban J connectivity index is 1.64. The molecule has 7 nitrogen and oxygen atoms in total. The molecule has 0 aromatic carbocycles. The molecule has 2 aliphatic heterocycles. The molecule has 1 atom stereocenters. The van der Waals surface area contributed by atoms with Gasteiger partial charge >= 0.3 is 0 Å². The molecule has 0 aliphatic carbocycles. The van der Waals surface area contributed by atoms with Gasteiger partial charge in [0.15, 0.2) is 5.69 Å². The summed E-state index contributed by atoms with van der Waals surface area (Å²) in [6, 6.07) is 0. The molecule has 1 aromatic rings. The Morgan fingerprint density at radius 3 is 2.77 bits per heavy atom. The maximum absolute atomic E-state index is 12.6. The molecule has 2 fully saturated rings. The molecule has 0 saturated carbocycles. The number of likely N-dealkylation sites (tertiary alicyclic amines) is 1. The van der Waals surface area contributed by atoms with Crippen molar-refractivity contribution in [3.63, 3.8) is 0 Å². The summed E-state index contributed by atoms with van der Waals surface area (Å²) >= 11 is 0. The fraction of sp³-hybridized carbons (Fsp3) is 0.632. The van der Waals surface area contributed by atoms with E-state index in [2.05, 4.69) is 21.4 Å². The first kappa shape index (κ1) is 18.8. The monoisotopic (exact) mass is 360 g/mol. The summed E-state index contributed by atoms with van der Waals surface area (Å²) in [7, 11) is 0. The number of carbonyl (C=O) groups excluding carboxylic acids is 1. The van der Waals surface area contributed by atoms with Crippen LogP contribution in [0.15, 0.2) is 25.0 Å². The van der Waals surface area contributed by atoms with Crippen molar-refractivity contribution in [2.45, 2.75) is 31.8 Å². The molecule has 142 valence electrons. The van der Waals surface area contributed by atoms with E-state index in [4.69, 9.17) is 9.47 Å². The fourth-order valence-corrected chi connectivity index (χ4v) is 3.35. The van der Waals surface area contributed by atoms with Crippen LogP contribution in [-0.2, 0) is 4.74 Å². The summed E-state index contributed by atoms with van der Waals surface area (Å²) in [5.41, 5.74) is 0.327. The smallest absolute Gasteiger partial charge is 0.274 e. The third-order valence-electron chi connectivity index (χ3n) is 4.77. The number of allylic oxidation sites excluding steroid dienone is 1. The highest BCUT2D eigenvalue weighted by Gasteiger charge is 2.22. The van der Waals surface area contributed by atoms with Crippen LogP contribution in [0.1, 0.15) is 36.2 Å². The van der Waals surface area contributed by atoms with Gasteiger partial charge in [-0.2, -0.15) is 0 Å². The predicted molar refractivity (Wildman–Crippen MR) is 98.3 cm³/mol. The Morgan fingerprint density at radius 1 is 1.27 bits per heavy atom. The molecule has 3 rings (SSSR count). The number of amides is 1. The molecular weight excluding hydrogens is 332 g/mol. The predicted octanol–water partition coefficient (Wildman–Crippen LogP) is 1.76.